The molecule has 18 heavy (non-hydrogen) atoms. The van der Waals surface area contributed by atoms with Crippen LogP contribution in [0.4, 0.5) is 0 Å². The Bertz CT molecular complexity index is 315. The van der Waals surface area contributed by atoms with Crippen LogP contribution in [0.3, 0.4) is 0 Å². The van der Waals surface area contributed by atoms with Gasteiger partial charge in [0.15, 0.2) is 0 Å². The summed E-state index contributed by atoms with van der Waals surface area (Å²) in [7, 11) is 0. The first kappa shape index (κ1) is 13.6. The van der Waals surface area contributed by atoms with Crippen LogP contribution >= 0.6 is 0 Å². The quantitative estimate of drug-likeness (QED) is 0.752. The fourth-order valence-electron chi connectivity index (χ4n) is 2.82. The zero-order chi connectivity index (χ0) is 12.8. The molecule has 0 bridgehead atoms. The van der Waals surface area contributed by atoms with E-state index in [0.717, 1.165) is 5.82 Å². The van der Waals surface area contributed by atoms with Crippen LogP contribution in [0.15, 0.2) is 12.4 Å². The standard InChI is InChI=1S/C14H26N4/c1-11(10-13-6-4-3-5-7-15-13)18-12(2)14-16-8-9-17-14/h8-9,11-13,15,18H,3-7,10H2,1-2H3,(H,16,17). The molecular weight excluding hydrogens is 224 g/mol. The van der Waals surface area contributed by atoms with E-state index in [1.807, 2.05) is 12.4 Å². The number of aromatic nitrogens is 2. The second-order valence-electron chi connectivity index (χ2n) is 5.50. The Morgan fingerprint density at radius 2 is 2.28 bits per heavy atom. The van der Waals surface area contributed by atoms with E-state index < -0.39 is 0 Å². The van der Waals surface area contributed by atoms with E-state index in [4.69, 9.17) is 0 Å². The number of nitrogens with one attached hydrogen (secondary N) is 3. The van der Waals surface area contributed by atoms with Crippen LogP contribution < -0.4 is 10.6 Å². The van der Waals surface area contributed by atoms with Gasteiger partial charge in [0.2, 0.25) is 0 Å². The van der Waals surface area contributed by atoms with Crippen molar-refractivity contribution in [1.29, 1.82) is 0 Å². The number of hydrogen-bond donors (Lipinski definition) is 3. The molecule has 1 aliphatic heterocycles. The molecule has 0 spiro atoms. The van der Waals surface area contributed by atoms with Gasteiger partial charge in [0.05, 0.1) is 6.04 Å². The van der Waals surface area contributed by atoms with Gasteiger partial charge in [-0.15, -0.1) is 0 Å². The van der Waals surface area contributed by atoms with Gasteiger partial charge >= 0.3 is 0 Å². The van der Waals surface area contributed by atoms with Gasteiger partial charge < -0.3 is 15.6 Å². The van der Waals surface area contributed by atoms with Gasteiger partial charge in [-0.2, -0.15) is 0 Å². The van der Waals surface area contributed by atoms with Crippen LogP contribution in [0.5, 0.6) is 0 Å². The Labute approximate surface area is 110 Å². The number of hydrogen-bond acceptors (Lipinski definition) is 3. The molecular formula is C14H26N4. The topological polar surface area (TPSA) is 52.7 Å². The smallest absolute Gasteiger partial charge is 0.122 e. The highest BCUT2D eigenvalue weighted by atomic mass is 15.0. The Hall–Kier alpha value is -0.870. The summed E-state index contributed by atoms with van der Waals surface area (Å²) in [5.41, 5.74) is 0. The van der Waals surface area contributed by atoms with Crippen molar-refractivity contribution < 1.29 is 0 Å². The van der Waals surface area contributed by atoms with E-state index in [1.54, 1.807) is 0 Å². The molecule has 1 saturated heterocycles. The SMILES string of the molecule is CC(CC1CCCCCN1)NC(C)c1ncc[nH]1. The van der Waals surface area contributed by atoms with E-state index in [1.165, 1.54) is 38.6 Å². The van der Waals surface area contributed by atoms with Gasteiger partial charge in [0.1, 0.15) is 5.82 Å². The van der Waals surface area contributed by atoms with Gasteiger partial charge in [-0.05, 0) is 39.7 Å². The van der Waals surface area contributed by atoms with Crippen LogP contribution in [0.25, 0.3) is 0 Å². The third-order valence-electron chi connectivity index (χ3n) is 3.76. The molecule has 1 fully saturated rings. The second kappa shape index (κ2) is 6.90. The highest BCUT2D eigenvalue weighted by Crippen LogP contribution is 2.14. The maximum absolute atomic E-state index is 4.30. The van der Waals surface area contributed by atoms with E-state index in [2.05, 4.69) is 34.4 Å². The van der Waals surface area contributed by atoms with Crippen molar-refractivity contribution in [3.63, 3.8) is 0 Å². The Morgan fingerprint density at radius 3 is 3.06 bits per heavy atom. The minimum atomic E-state index is 0.292. The fraction of sp³-hybridized carbons (Fsp3) is 0.786. The summed E-state index contributed by atoms with van der Waals surface area (Å²) in [6.45, 7) is 5.62. The maximum atomic E-state index is 4.30. The molecule has 0 aromatic carbocycles. The Kier molecular flexibility index (Phi) is 5.20. The number of imidazole rings is 1. The van der Waals surface area contributed by atoms with Crippen molar-refractivity contribution in [1.82, 2.24) is 20.6 Å². The molecule has 1 aromatic heterocycles. The molecule has 0 radical (unpaired) electrons. The van der Waals surface area contributed by atoms with Gasteiger partial charge in [-0.25, -0.2) is 4.98 Å². The molecule has 2 rings (SSSR count). The summed E-state index contributed by atoms with van der Waals surface area (Å²) in [6, 6.07) is 1.49. The second-order valence-corrected chi connectivity index (χ2v) is 5.50. The lowest BCUT2D eigenvalue weighted by atomic mass is 10.0. The van der Waals surface area contributed by atoms with Crippen LogP contribution in [0, 0.1) is 0 Å². The zero-order valence-corrected chi connectivity index (χ0v) is 11.6. The molecule has 4 nitrogen and oxygen atoms in total. The summed E-state index contributed by atoms with van der Waals surface area (Å²) in [5.74, 6) is 1.02. The summed E-state index contributed by atoms with van der Waals surface area (Å²) >= 11 is 0. The minimum Gasteiger partial charge on any atom is -0.347 e. The van der Waals surface area contributed by atoms with Gasteiger partial charge in [-0.1, -0.05) is 12.8 Å². The van der Waals surface area contributed by atoms with E-state index in [-0.39, 0.29) is 0 Å². The molecule has 102 valence electrons. The van der Waals surface area contributed by atoms with Crippen molar-refractivity contribution in [2.24, 2.45) is 0 Å². The first-order valence-electron chi connectivity index (χ1n) is 7.24. The molecule has 0 saturated carbocycles. The van der Waals surface area contributed by atoms with Crippen LogP contribution in [0.2, 0.25) is 0 Å². The van der Waals surface area contributed by atoms with Crippen molar-refractivity contribution >= 4 is 0 Å². The third kappa shape index (κ3) is 4.10. The molecule has 1 aromatic rings. The molecule has 3 N–H and O–H groups in total. The lowest BCUT2D eigenvalue weighted by Crippen LogP contribution is -2.38. The largest absolute Gasteiger partial charge is 0.347 e. The van der Waals surface area contributed by atoms with Crippen molar-refractivity contribution in [3.8, 4) is 0 Å². The summed E-state index contributed by atoms with van der Waals surface area (Å²) in [5, 5.41) is 7.27. The molecule has 0 aliphatic carbocycles. The summed E-state index contributed by atoms with van der Waals surface area (Å²) in [6.07, 6.45) is 10.3. The van der Waals surface area contributed by atoms with Crippen LogP contribution in [0.1, 0.15) is 57.8 Å². The first-order chi connectivity index (χ1) is 8.75. The van der Waals surface area contributed by atoms with Crippen LogP contribution in [-0.2, 0) is 0 Å². The Balaban J connectivity index is 1.75. The van der Waals surface area contributed by atoms with Crippen molar-refractivity contribution in [3.05, 3.63) is 18.2 Å². The maximum Gasteiger partial charge on any atom is 0.122 e. The number of nitrogens with zero attached hydrogens (tertiary/aromatic N) is 1. The molecule has 4 heteroatoms. The number of aromatic amines is 1. The number of H-pyrrole nitrogens is 1. The van der Waals surface area contributed by atoms with Crippen LogP contribution in [-0.4, -0.2) is 28.6 Å². The number of rotatable bonds is 5. The van der Waals surface area contributed by atoms with E-state index in [9.17, 15) is 0 Å². The first-order valence-corrected chi connectivity index (χ1v) is 7.24. The lowest BCUT2D eigenvalue weighted by molar-refractivity contribution is 0.376. The summed E-state index contributed by atoms with van der Waals surface area (Å²) < 4.78 is 0. The monoisotopic (exact) mass is 250 g/mol. The van der Waals surface area contributed by atoms with Gasteiger partial charge in [-0.3, -0.25) is 0 Å². The van der Waals surface area contributed by atoms with E-state index >= 15 is 0 Å². The fourth-order valence-corrected chi connectivity index (χ4v) is 2.82. The van der Waals surface area contributed by atoms with Gasteiger partial charge in [0.25, 0.3) is 0 Å². The minimum absolute atomic E-state index is 0.292. The predicted molar refractivity (Wildman–Crippen MR) is 74.5 cm³/mol. The highest BCUT2D eigenvalue weighted by molar-refractivity contribution is 4.94. The van der Waals surface area contributed by atoms with Gasteiger partial charge in [0, 0.05) is 24.5 Å². The zero-order valence-electron chi connectivity index (χ0n) is 11.6. The van der Waals surface area contributed by atoms with Crippen molar-refractivity contribution in [2.45, 2.75) is 64.1 Å². The molecule has 2 heterocycles. The Morgan fingerprint density at radius 1 is 1.39 bits per heavy atom. The lowest BCUT2D eigenvalue weighted by Gasteiger charge is -2.23. The normalized spacial score (nSPS) is 24.4. The van der Waals surface area contributed by atoms with Crippen molar-refractivity contribution in [2.75, 3.05) is 6.54 Å². The third-order valence-corrected chi connectivity index (χ3v) is 3.76. The molecule has 0 amide bonds. The summed E-state index contributed by atoms with van der Waals surface area (Å²) in [4.78, 5) is 7.46. The van der Waals surface area contributed by atoms with E-state index in [0.29, 0.717) is 18.1 Å². The average molecular weight is 250 g/mol. The molecule has 3 unspecified atom stereocenters. The predicted octanol–water partition coefficient (Wildman–Crippen LogP) is 2.37. The molecule has 1 aliphatic rings. The molecule has 3 atom stereocenters. The highest BCUT2D eigenvalue weighted by Gasteiger charge is 2.17. The average Bonchev–Trinajstić information content (AvgIpc) is 2.76.